The molecule has 1 atom stereocenters. The van der Waals surface area contributed by atoms with Crippen LogP contribution in [0.1, 0.15) is 25.2 Å². The van der Waals surface area contributed by atoms with Crippen LogP contribution >= 0.6 is 0 Å². The van der Waals surface area contributed by atoms with Gasteiger partial charge >= 0.3 is 0 Å². The van der Waals surface area contributed by atoms with Gasteiger partial charge in [0.1, 0.15) is 17.4 Å². The number of benzene rings is 1. The van der Waals surface area contributed by atoms with E-state index in [0.717, 1.165) is 39.3 Å². The van der Waals surface area contributed by atoms with Crippen LogP contribution in [0, 0.1) is 6.92 Å². The van der Waals surface area contributed by atoms with Gasteiger partial charge < -0.3 is 15.6 Å². The number of anilines is 1. The first kappa shape index (κ1) is 14.7. The van der Waals surface area contributed by atoms with Crippen molar-refractivity contribution in [2.75, 3.05) is 5.73 Å². The van der Waals surface area contributed by atoms with Gasteiger partial charge in [-0.25, -0.2) is 9.97 Å². The summed E-state index contributed by atoms with van der Waals surface area (Å²) < 4.78 is 0. The molecule has 1 aromatic carbocycles. The van der Waals surface area contributed by atoms with Crippen LogP contribution < -0.4 is 11.2 Å². The van der Waals surface area contributed by atoms with E-state index in [2.05, 4.69) is 45.6 Å². The summed E-state index contributed by atoms with van der Waals surface area (Å²) in [7, 11) is 0. The van der Waals surface area contributed by atoms with E-state index in [1.807, 2.05) is 26.0 Å². The topological polar surface area (TPSA) is 88.9 Å². The molecule has 4 N–H and O–H groups in total. The third-order valence-corrected chi connectivity index (χ3v) is 4.35. The van der Waals surface area contributed by atoms with Crippen LogP contribution in [-0.4, -0.2) is 15.0 Å². The maximum absolute atomic E-state index is 6.11. The second kappa shape index (κ2) is 5.07. The molecule has 1 aliphatic heterocycles. The molecule has 0 bridgehead atoms. The molecule has 6 nitrogen and oxygen atoms in total. The predicted molar refractivity (Wildman–Crippen MR) is 93.8 cm³/mol. The van der Waals surface area contributed by atoms with Gasteiger partial charge in [-0.15, -0.1) is 5.48 Å². The molecule has 2 aromatic heterocycles. The zero-order chi connectivity index (χ0) is 16.9. The Balaban J connectivity index is 2.00. The maximum atomic E-state index is 6.11. The minimum Gasteiger partial charge on any atom is -0.413 e. The standard InChI is InChI=1S/C18H19N5O/c1-10-9-18(3,23-24-10)12-7-14(13-5-4-6-20-17(13)19)16-15(8-12)21-11(2)22-16/h4-9,23H,1-3H3,(H2,19,20)(H,21,22). The highest BCUT2D eigenvalue weighted by molar-refractivity contribution is 5.95. The number of aromatic nitrogens is 3. The van der Waals surface area contributed by atoms with Crippen molar-refractivity contribution in [1.29, 1.82) is 0 Å². The van der Waals surface area contributed by atoms with E-state index in [1.54, 1.807) is 6.20 Å². The number of pyridine rings is 1. The lowest BCUT2D eigenvalue weighted by atomic mass is 9.89. The first-order valence-corrected chi connectivity index (χ1v) is 7.81. The Labute approximate surface area is 139 Å². The molecule has 3 heterocycles. The van der Waals surface area contributed by atoms with Crippen molar-refractivity contribution >= 4 is 16.9 Å². The third kappa shape index (κ3) is 2.23. The molecule has 122 valence electrons. The van der Waals surface area contributed by atoms with Gasteiger partial charge in [0.15, 0.2) is 0 Å². The van der Waals surface area contributed by atoms with Crippen molar-refractivity contribution in [3.05, 3.63) is 53.7 Å². The second-order valence-corrected chi connectivity index (χ2v) is 6.34. The molecule has 1 aliphatic rings. The summed E-state index contributed by atoms with van der Waals surface area (Å²) in [6.07, 6.45) is 3.75. The molecule has 0 saturated heterocycles. The Kier molecular flexibility index (Phi) is 3.11. The molecule has 24 heavy (non-hydrogen) atoms. The number of nitrogens with zero attached hydrogens (tertiary/aromatic N) is 2. The lowest BCUT2D eigenvalue weighted by molar-refractivity contribution is 0.0854. The van der Waals surface area contributed by atoms with E-state index in [-0.39, 0.29) is 0 Å². The number of allylic oxidation sites excluding steroid dienone is 1. The summed E-state index contributed by atoms with van der Waals surface area (Å²) in [4.78, 5) is 17.6. The molecular formula is C18H19N5O. The van der Waals surface area contributed by atoms with Crippen LogP contribution in [0.2, 0.25) is 0 Å². The number of fused-ring (bicyclic) bond motifs is 1. The van der Waals surface area contributed by atoms with Gasteiger partial charge in [-0.1, -0.05) is 0 Å². The SMILES string of the molecule is CC1=CC(C)(c2cc(-c3cccnc3N)c3nc(C)[nH]c3c2)NO1. The highest BCUT2D eigenvalue weighted by atomic mass is 16.7. The van der Waals surface area contributed by atoms with Gasteiger partial charge in [0.25, 0.3) is 0 Å². The number of aryl methyl sites for hydroxylation is 1. The molecular weight excluding hydrogens is 302 g/mol. The monoisotopic (exact) mass is 321 g/mol. The Morgan fingerprint density at radius 1 is 1.21 bits per heavy atom. The minimum atomic E-state index is -0.414. The van der Waals surface area contributed by atoms with Gasteiger partial charge in [-0.3, -0.25) is 0 Å². The zero-order valence-corrected chi connectivity index (χ0v) is 13.8. The van der Waals surface area contributed by atoms with Crippen LogP contribution in [0.4, 0.5) is 5.82 Å². The zero-order valence-electron chi connectivity index (χ0n) is 13.8. The fraction of sp³-hybridized carbons (Fsp3) is 0.222. The summed E-state index contributed by atoms with van der Waals surface area (Å²) in [5.74, 6) is 2.20. The van der Waals surface area contributed by atoms with E-state index in [1.165, 1.54) is 0 Å². The summed E-state index contributed by atoms with van der Waals surface area (Å²) >= 11 is 0. The van der Waals surface area contributed by atoms with Gasteiger partial charge in [-0.2, -0.15) is 0 Å². The van der Waals surface area contributed by atoms with Crippen molar-refractivity contribution in [3.63, 3.8) is 0 Å². The molecule has 3 aromatic rings. The van der Waals surface area contributed by atoms with Crippen LogP contribution in [0.15, 0.2) is 42.3 Å². The van der Waals surface area contributed by atoms with E-state index in [9.17, 15) is 0 Å². The van der Waals surface area contributed by atoms with E-state index in [0.29, 0.717) is 5.82 Å². The molecule has 0 aliphatic carbocycles. The van der Waals surface area contributed by atoms with Gasteiger partial charge in [0.2, 0.25) is 0 Å². The normalized spacial score (nSPS) is 20.2. The van der Waals surface area contributed by atoms with Crippen molar-refractivity contribution in [2.45, 2.75) is 26.3 Å². The molecule has 0 fully saturated rings. The fourth-order valence-corrected chi connectivity index (χ4v) is 3.19. The lowest BCUT2D eigenvalue weighted by Gasteiger charge is -2.22. The number of rotatable bonds is 2. The van der Waals surface area contributed by atoms with Crippen LogP contribution in [0.5, 0.6) is 0 Å². The van der Waals surface area contributed by atoms with Crippen molar-refractivity contribution in [2.24, 2.45) is 0 Å². The largest absolute Gasteiger partial charge is 0.413 e. The predicted octanol–water partition coefficient (Wildman–Crippen LogP) is 3.17. The summed E-state index contributed by atoms with van der Waals surface area (Å²) in [5, 5.41) is 0. The van der Waals surface area contributed by atoms with Crippen LogP contribution in [0.3, 0.4) is 0 Å². The summed E-state index contributed by atoms with van der Waals surface area (Å²) in [6.45, 7) is 5.94. The molecule has 6 heteroatoms. The van der Waals surface area contributed by atoms with Crippen molar-refractivity contribution < 1.29 is 4.84 Å². The average Bonchev–Trinajstić information content (AvgIpc) is 3.09. The average molecular weight is 321 g/mol. The van der Waals surface area contributed by atoms with E-state index >= 15 is 0 Å². The van der Waals surface area contributed by atoms with Crippen LogP contribution in [-0.2, 0) is 10.4 Å². The Morgan fingerprint density at radius 2 is 2.04 bits per heavy atom. The van der Waals surface area contributed by atoms with Gasteiger partial charge in [0.05, 0.1) is 16.6 Å². The molecule has 4 rings (SSSR count). The quantitative estimate of drug-likeness (QED) is 0.674. The number of nitrogen functional groups attached to an aromatic ring is 1. The Morgan fingerprint density at radius 3 is 2.75 bits per heavy atom. The molecule has 0 saturated carbocycles. The maximum Gasteiger partial charge on any atom is 0.131 e. The van der Waals surface area contributed by atoms with E-state index < -0.39 is 5.54 Å². The summed E-state index contributed by atoms with van der Waals surface area (Å²) in [5.41, 5.74) is 13.5. The first-order valence-electron chi connectivity index (χ1n) is 7.81. The van der Waals surface area contributed by atoms with Crippen molar-refractivity contribution in [1.82, 2.24) is 20.4 Å². The number of imidazole rings is 1. The number of hydrogen-bond acceptors (Lipinski definition) is 5. The van der Waals surface area contributed by atoms with Gasteiger partial charge in [0, 0.05) is 17.3 Å². The van der Waals surface area contributed by atoms with Crippen LogP contribution in [0.25, 0.3) is 22.2 Å². The summed E-state index contributed by atoms with van der Waals surface area (Å²) in [6, 6.07) is 8.04. The highest BCUT2D eigenvalue weighted by Crippen LogP contribution is 2.37. The number of nitrogens with two attached hydrogens (primary N) is 1. The number of aromatic amines is 1. The minimum absolute atomic E-state index is 0.414. The number of H-pyrrole nitrogens is 1. The Bertz CT molecular complexity index is 975. The third-order valence-electron chi connectivity index (χ3n) is 4.35. The van der Waals surface area contributed by atoms with E-state index in [4.69, 9.17) is 10.6 Å². The Hall–Kier alpha value is -2.86. The number of nitrogens with one attached hydrogen (secondary N) is 2. The number of hydroxylamine groups is 1. The van der Waals surface area contributed by atoms with Crippen molar-refractivity contribution in [3.8, 4) is 11.1 Å². The smallest absolute Gasteiger partial charge is 0.131 e. The lowest BCUT2D eigenvalue weighted by Crippen LogP contribution is -2.32. The second-order valence-electron chi connectivity index (χ2n) is 6.34. The molecule has 1 unspecified atom stereocenters. The molecule has 0 amide bonds. The van der Waals surface area contributed by atoms with Gasteiger partial charge in [-0.05, 0) is 56.7 Å². The highest BCUT2D eigenvalue weighted by Gasteiger charge is 2.31. The fourth-order valence-electron chi connectivity index (χ4n) is 3.19. The first-order chi connectivity index (χ1) is 11.5. The number of hydrogen-bond donors (Lipinski definition) is 3. The molecule has 0 spiro atoms. The molecule has 0 radical (unpaired) electrons.